The number of nitrogens with zero attached hydrogens (tertiary/aromatic N) is 1. The Morgan fingerprint density at radius 3 is 2.94 bits per heavy atom. The summed E-state index contributed by atoms with van der Waals surface area (Å²) in [6.45, 7) is 6.54. The largest absolute Gasteiger partial charge is 0.501 e. The minimum atomic E-state index is 0.564. The lowest BCUT2D eigenvalue weighted by Crippen LogP contribution is -1.92. The molecule has 0 spiro atoms. The highest BCUT2D eigenvalue weighted by atomic mass is 32.2. The zero-order valence-electron chi connectivity index (χ0n) is 11.0. The Morgan fingerprint density at radius 1 is 1.59 bits per heavy atom. The van der Waals surface area contributed by atoms with Crippen LogP contribution in [-0.4, -0.2) is 17.8 Å². The molecule has 4 heteroatoms. The van der Waals surface area contributed by atoms with Crippen LogP contribution in [0.1, 0.15) is 45.2 Å². The number of rotatable bonds is 7. The van der Waals surface area contributed by atoms with Gasteiger partial charge in [-0.3, -0.25) is 0 Å². The van der Waals surface area contributed by atoms with Gasteiger partial charge in [0.15, 0.2) is 4.34 Å². The second-order valence-corrected chi connectivity index (χ2v) is 6.00. The van der Waals surface area contributed by atoms with Gasteiger partial charge >= 0.3 is 0 Å². The highest BCUT2D eigenvalue weighted by molar-refractivity contribution is 8.01. The minimum absolute atomic E-state index is 0.564. The molecule has 2 nitrogen and oxygen atoms in total. The van der Waals surface area contributed by atoms with Crippen molar-refractivity contribution in [3.8, 4) is 0 Å². The quantitative estimate of drug-likeness (QED) is 0.530. The zero-order chi connectivity index (χ0) is 12.7. The molecule has 0 bridgehead atoms. The molecule has 0 aromatic carbocycles. The summed E-state index contributed by atoms with van der Waals surface area (Å²) in [6, 6.07) is 0. The zero-order valence-corrected chi connectivity index (χ0v) is 12.7. The number of thioether (sulfide) groups is 1. The van der Waals surface area contributed by atoms with Crippen LogP contribution in [-0.2, 0) is 4.74 Å². The Kier molecular flexibility index (Phi) is 6.66. The molecular weight excluding hydrogens is 250 g/mol. The van der Waals surface area contributed by atoms with Crippen LogP contribution in [0.2, 0.25) is 0 Å². The Bertz CT molecular complexity index is 360. The van der Waals surface area contributed by atoms with Gasteiger partial charge in [0.1, 0.15) is 5.76 Å². The van der Waals surface area contributed by atoms with E-state index in [9.17, 15) is 0 Å². The van der Waals surface area contributed by atoms with Crippen molar-refractivity contribution in [3.05, 3.63) is 22.9 Å². The average molecular weight is 271 g/mol. The molecule has 1 heterocycles. The third kappa shape index (κ3) is 4.72. The first-order valence-electron chi connectivity index (χ1n) is 6.02. The molecule has 0 aliphatic heterocycles. The normalized spacial score (nSPS) is 13.8. The lowest BCUT2D eigenvalue weighted by molar-refractivity contribution is 0.294. The van der Waals surface area contributed by atoms with Gasteiger partial charge < -0.3 is 4.74 Å². The van der Waals surface area contributed by atoms with Crippen LogP contribution in [0.3, 0.4) is 0 Å². The highest BCUT2D eigenvalue weighted by Gasteiger charge is 2.09. The van der Waals surface area contributed by atoms with Gasteiger partial charge in [-0.2, -0.15) is 0 Å². The number of hydrogen-bond donors (Lipinski definition) is 0. The van der Waals surface area contributed by atoms with Crippen LogP contribution < -0.4 is 0 Å². The Hall–Kier alpha value is -0.480. The molecule has 0 N–H and O–H groups in total. The molecule has 1 aromatic rings. The summed E-state index contributed by atoms with van der Waals surface area (Å²) in [7, 11) is 1.73. The first-order chi connectivity index (χ1) is 8.21. The van der Waals surface area contributed by atoms with Crippen LogP contribution in [0, 0.1) is 0 Å². The molecule has 0 fully saturated rings. The fourth-order valence-electron chi connectivity index (χ4n) is 1.33. The van der Waals surface area contributed by atoms with Crippen molar-refractivity contribution in [1.82, 2.24) is 4.98 Å². The van der Waals surface area contributed by atoms with Crippen molar-refractivity contribution in [3.63, 3.8) is 0 Å². The van der Waals surface area contributed by atoms with Crippen molar-refractivity contribution >= 4 is 23.1 Å². The highest BCUT2D eigenvalue weighted by Crippen LogP contribution is 2.28. The molecule has 1 atom stereocenters. The maximum Gasteiger partial charge on any atom is 0.150 e. The van der Waals surface area contributed by atoms with Crippen molar-refractivity contribution in [2.24, 2.45) is 0 Å². The van der Waals surface area contributed by atoms with Gasteiger partial charge in [0.05, 0.1) is 18.6 Å². The first kappa shape index (κ1) is 14.6. The van der Waals surface area contributed by atoms with Crippen molar-refractivity contribution in [2.75, 3.05) is 12.9 Å². The molecule has 0 amide bonds. The van der Waals surface area contributed by atoms with Gasteiger partial charge in [-0.25, -0.2) is 4.98 Å². The van der Waals surface area contributed by atoms with E-state index in [-0.39, 0.29) is 0 Å². The summed E-state index contributed by atoms with van der Waals surface area (Å²) in [4.78, 5) is 4.65. The van der Waals surface area contributed by atoms with E-state index in [0.717, 1.165) is 28.7 Å². The van der Waals surface area contributed by atoms with E-state index in [1.165, 1.54) is 5.69 Å². The van der Waals surface area contributed by atoms with E-state index >= 15 is 0 Å². The monoisotopic (exact) mass is 271 g/mol. The van der Waals surface area contributed by atoms with E-state index in [4.69, 9.17) is 4.74 Å². The summed E-state index contributed by atoms with van der Waals surface area (Å²) in [5.41, 5.74) is 1.22. The molecule has 1 aromatic heterocycles. The molecule has 0 saturated heterocycles. The number of aromatic nitrogens is 1. The van der Waals surface area contributed by atoms with E-state index in [1.54, 1.807) is 30.2 Å². The number of allylic oxidation sites excluding steroid dienone is 1. The topological polar surface area (TPSA) is 22.1 Å². The van der Waals surface area contributed by atoms with Crippen molar-refractivity contribution < 1.29 is 4.74 Å². The van der Waals surface area contributed by atoms with Gasteiger partial charge in [0.25, 0.3) is 0 Å². The second-order valence-electron chi connectivity index (χ2n) is 3.92. The third-order valence-electron chi connectivity index (χ3n) is 2.65. The molecule has 0 aliphatic carbocycles. The predicted molar refractivity (Wildman–Crippen MR) is 76.9 cm³/mol. The van der Waals surface area contributed by atoms with Gasteiger partial charge in [-0.1, -0.05) is 32.5 Å². The molecular formula is C13H21NOS2. The standard InChI is InChI=1S/C13H21NOS2/c1-5-7-11(15-4)8-16-13-14-12(9-17-13)10(3)6-2/h7,9-10H,5-6,8H2,1-4H3/b11-7-. The molecule has 1 unspecified atom stereocenters. The minimum Gasteiger partial charge on any atom is -0.501 e. The van der Waals surface area contributed by atoms with Gasteiger partial charge in [0, 0.05) is 5.38 Å². The Labute approximate surface area is 112 Å². The summed E-state index contributed by atoms with van der Waals surface area (Å²) >= 11 is 3.49. The lowest BCUT2D eigenvalue weighted by Gasteiger charge is -2.04. The van der Waals surface area contributed by atoms with Crippen LogP contribution in [0.5, 0.6) is 0 Å². The predicted octanol–water partition coefficient (Wildman–Crippen LogP) is 4.69. The fraction of sp³-hybridized carbons (Fsp3) is 0.615. The SMILES string of the molecule is CC/C=C(/CSc1nc(C(C)CC)cs1)OC. The maximum atomic E-state index is 5.30. The van der Waals surface area contributed by atoms with E-state index in [2.05, 4.69) is 37.2 Å². The average Bonchev–Trinajstić information content (AvgIpc) is 2.82. The van der Waals surface area contributed by atoms with Crippen LogP contribution in [0.15, 0.2) is 21.6 Å². The van der Waals surface area contributed by atoms with Gasteiger partial charge in [-0.15, -0.1) is 11.3 Å². The molecule has 1 rings (SSSR count). The van der Waals surface area contributed by atoms with Crippen LogP contribution in [0.25, 0.3) is 0 Å². The fourth-order valence-corrected chi connectivity index (χ4v) is 3.26. The van der Waals surface area contributed by atoms with E-state index in [1.807, 2.05) is 0 Å². The summed E-state index contributed by atoms with van der Waals surface area (Å²) in [6.07, 6.45) is 4.28. The van der Waals surface area contributed by atoms with Crippen LogP contribution >= 0.6 is 23.1 Å². The van der Waals surface area contributed by atoms with E-state index < -0.39 is 0 Å². The van der Waals surface area contributed by atoms with Crippen molar-refractivity contribution in [2.45, 2.75) is 43.9 Å². The summed E-state index contributed by atoms with van der Waals surface area (Å²) in [5.74, 6) is 2.48. The smallest absolute Gasteiger partial charge is 0.150 e. The number of ether oxygens (including phenoxy) is 1. The van der Waals surface area contributed by atoms with Gasteiger partial charge in [-0.05, 0) is 24.8 Å². The maximum absolute atomic E-state index is 5.30. The summed E-state index contributed by atoms with van der Waals surface area (Å²) in [5, 5.41) is 2.17. The van der Waals surface area contributed by atoms with Gasteiger partial charge in [0.2, 0.25) is 0 Å². The molecule has 0 radical (unpaired) electrons. The van der Waals surface area contributed by atoms with E-state index in [0.29, 0.717) is 5.92 Å². The second kappa shape index (κ2) is 7.77. The lowest BCUT2D eigenvalue weighted by atomic mass is 10.1. The number of hydrogen-bond acceptors (Lipinski definition) is 4. The molecule has 0 saturated carbocycles. The number of methoxy groups -OCH3 is 1. The molecule has 17 heavy (non-hydrogen) atoms. The Balaban J connectivity index is 2.52. The molecule has 96 valence electrons. The van der Waals surface area contributed by atoms with Crippen molar-refractivity contribution in [1.29, 1.82) is 0 Å². The number of thiazole rings is 1. The van der Waals surface area contributed by atoms with Crippen LogP contribution in [0.4, 0.5) is 0 Å². The first-order valence-corrected chi connectivity index (χ1v) is 7.89. The molecule has 0 aliphatic rings. The Morgan fingerprint density at radius 2 is 2.35 bits per heavy atom. The third-order valence-corrected chi connectivity index (χ3v) is 4.71. The summed E-state index contributed by atoms with van der Waals surface area (Å²) < 4.78 is 6.44.